The Bertz CT molecular complexity index is 1180. The van der Waals surface area contributed by atoms with Gasteiger partial charge in [-0.05, 0) is 49.4 Å². The third-order valence-electron chi connectivity index (χ3n) is 3.91. The van der Waals surface area contributed by atoms with E-state index in [0.29, 0.717) is 21.4 Å². The van der Waals surface area contributed by atoms with Crippen LogP contribution in [-0.4, -0.2) is 28.3 Å². The van der Waals surface area contributed by atoms with Crippen molar-refractivity contribution < 1.29 is 14.3 Å². The number of carbonyl (C=O) groups excluding carboxylic acids is 2. The minimum atomic E-state index is -1.03. The van der Waals surface area contributed by atoms with Gasteiger partial charge in [-0.2, -0.15) is 5.10 Å². The molecule has 0 aliphatic heterocycles. The summed E-state index contributed by atoms with van der Waals surface area (Å²) in [6, 6.07) is 12.5. The number of halogens is 3. The number of nitrogens with zero attached hydrogens (tertiary/aromatic N) is 2. The van der Waals surface area contributed by atoms with Crippen LogP contribution in [0.2, 0.25) is 15.1 Å². The van der Waals surface area contributed by atoms with E-state index in [2.05, 4.69) is 10.4 Å². The molecule has 0 radical (unpaired) electrons. The SMILES string of the molecule is Cc1cc(=O)c(C(=O)OCC(=O)Nc2cc(Cl)ccc2Cl)nn1-c1ccc(Cl)cc1. The van der Waals surface area contributed by atoms with Crippen LogP contribution >= 0.6 is 34.8 Å². The Morgan fingerprint density at radius 2 is 1.70 bits per heavy atom. The maximum atomic E-state index is 12.3. The molecule has 30 heavy (non-hydrogen) atoms. The number of rotatable bonds is 5. The first-order valence-corrected chi connectivity index (χ1v) is 9.67. The van der Waals surface area contributed by atoms with Crippen molar-refractivity contribution in [2.24, 2.45) is 0 Å². The fourth-order valence-electron chi connectivity index (χ4n) is 2.51. The molecule has 1 aromatic heterocycles. The van der Waals surface area contributed by atoms with Crippen LogP contribution in [-0.2, 0) is 9.53 Å². The third kappa shape index (κ3) is 5.18. The highest BCUT2D eigenvalue weighted by atomic mass is 35.5. The summed E-state index contributed by atoms with van der Waals surface area (Å²) in [5, 5.41) is 7.72. The van der Waals surface area contributed by atoms with E-state index in [-0.39, 0.29) is 10.7 Å². The van der Waals surface area contributed by atoms with Crippen LogP contribution in [0.4, 0.5) is 5.69 Å². The number of aromatic nitrogens is 2. The first kappa shape index (κ1) is 21.8. The predicted molar refractivity (Wildman–Crippen MR) is 115 cm³/mol. The van der Waals surface area contributed by atoms with E-state index in [4.69, 9.17) is 39.5 Å². The van der Waals surface area contributed by atoms with E-state index in [0.717, 1.165) is 0 Å². The minimum Gasteiger partial charge on any atom is -0.451 e. The Morgan fingerprint density at radius 3 is 2.40 bits per heavy atom. The molecule has 3 aromatic rings. The lowest BCUT2D eigenvalue weighted by Crippen LogP contribution is -2.27. The Balaban J connectivity index is 1.74. The number of carbonyl (C=O) groups is 2. The van der Waals surface area contributed by atoms with Crippen LogP contribution in [0.1, 0.15) is 16.2 Å². The highest BCUT2D eigenvalue weighted by Gasteiger charge is 2.18. The van der Waals surface area contributed by atoms with E-state index >= 15 is 0 Å². The number of amides is 1. The van der Waals surface area contributed by atoms with Gasteiger partial charge in [-0.25, -0.2) is 9.48 Å². The maximum absolute atomic E-state index is 12.3. The van der Waals surface area contributed by atoms with Crippen molar-refractivity contribution in [3.8, 4) is 5.69 Å². The van der Waals surface area contributed by atoms with Crippen molar-refractivity contribution in [3.63, 3.8) is 0 Å². The quantitative estimate of drug-likeness (QED) is 0.566. The molecule has 1 heterocycles. The van der Waals surface area contributed by atoms with Crippen LogP contribution in [0, 0.1) is 6.92 Å². The monoisotopic (exact) mass is 465 g/mol. The van der Waals surface area contributed by atoms with Crippen LogP contribution < -0.4 is 10.7 Å². The molecule has 2 aromatic carbocycles. The lowest BCUT2D eigenvalue weighted by molar-refractivity contribution is -0.119. The zero-order valence-electron chi connectivity index (χ0n) is 15.5. The normalized spacial score (nSPS) is 10.5. The predicted octanol–water partition coefficient (Wildman–Crippen LogP) is 4.30. The molecule has 3 rings (SSSR count). The van der Waals surface area contributed by atoms with Gasteiger partial charge in [-0.1, -0.05) is 34.8 Å². The summed E-state index contributed by atoms with van der Waals surface area (Å²) in [4.78, 5) is 36.6. The number of benzene rings is 2. The van der Waals surface area contributed by atoms with Crippen LogP contribution in [0.5, 0.6) is 0 Å². The third-order valence-corrected chi connectivity index (χ3v) is 4.73. The second-order valence-corrected chi connectivity index (χ2v) is 7.42. The molecule has 0 fully saturated rings. The van der Waals surface area contributed by atoms with Gasteiger partial charge in [0.1, 0.15) is 0 Å². The van der Waals surface area contributed by atoms with Crippen LogP contribution in [0.25, 0.3) is 5.69 Å². The molecule has 0 aliphatic carbocycles. The Morgan fingerprint density at radius 1 is 1.03 bits per heavy atom. The van der Waals surface area contributed by atoms with Crippen molar-refractivity contribution in [1.82, 2.24) is 9.78 Å². The van der Waals surface area contributed by atoms with Crippen LogP contribution in [0.3, 0.4) is 0 Å². The average molecular weight is 467 g/mol. The molecule has 10 heteroatoms. The maximum Gasteiger partial charge on any atom is 0.363 e. The highest BCUT2D eigenvalue weighted by Crippen LogP contribution is 2.25. The Hall–Kier alpha value is -2.87. The summed E-state index contributed by atoms with van der Waals surface area (Å²) < 4.78 is 6.34. The molecule has 154 valence electrons. The molecule has 0 bridgehead atoms. The summed E-state index contributed by atoms with van der Waals surface area (Å²) in [7, 11) is 0. The highest BCUT2D eigenvalue weighted by molar-refractivity contribution is 6.35. The number of anilines is 1. The van der Waals surface area contributed by atoms with Crippen molar-refractivity contribution in [2.45, 2.75) is 6.92 Å². The van der Waals surface area contributed by atoms with Crippen molar-refractivity contribution in [1.29, 1.82) is 0 Å². The number of hydrogen-bond acceptors (Lipinski definition) is 5. The summed E-state index contributed by atoms with van der Waals surface area (Å²) >= 11 is 17.7. The lowest BCUT2D eigenvalue weighted by atomic mass is 10.3. The van der Waals surface area contributed by atoms with Gasteiger partial charge in [0, 0.05) is 21.8 Å². The van der Waals surface area contributed by atoms with Gasteiger partial charge in [0.15, 0.2) is 6.61 Å². The van der Waals surface area contributed by atoms with Gasteiger partial charge < -0.3 is 10.1 Å². The topological polar surface area (TPSA) is 90.3 Å². The fourth-order valence-corrected chi connectivity index (χ4v) is 2.97. The second-order valence-electron chi connectivity index (χ2n) is 6.14. The molecule has 0 saturated heterocycles. The Kier molecular flexibility index (Phi) is 6.77. The van der Waals surface area contributed by atoms with Gasteiger partial charge >= 0.3 is 5.97 Å². The van der Waals surface area contributed by atoms with Gasteiger partial charge in [0.05, 0.1) is 16.4 Å². The lowest BCUT2D eigenvalue weighted by Gasteiger charge is -2.11. The molecule has 0 aliphatic rings. The summed E-state index contributed by atoms with van der Waals surface area (Å²) in [5.41, 5.74) is 0.292. The van der Waals surface area contributed by atoms with E-state index in [1.165, 1.54) is 22.9 Å². The fraction of sp³-hybridized carbons (Fsp3) is 0.100. The molecule has 0 atom stereocenters. The van der Waals surface area contributed by atoms with Gasteiger partial charge in [-0.15, -0.1) is 0 Å². The Labute approximate surface area is 186 Å². The molecule has 1 N–H and O–H groups in total. The molecule has 7 nitrogen and oxygen atoms in total. The smallest absolute Gasteiger partial charge is 0.363 e. The standard InChI is InChI=1S/C20H14Cl3N3O4/c1-11-8-17(27)19(25-26(11)14-5-2-12(21)3-6-14)20(29)30-10-18(28)24-16-9-13(22)4-7-15(16)23/h2-9H,10H2,1H3,(H,24,28). The van der Waals surface area contributed by atoms with Gasteiger partial charge in [-0.3, -0.25) is 9.59 Å². The number of aryl methyl sites for hydroxylation is 1. The number of esters is 1. The first-order valence-electron chi connectivity index (χ1n) is 8.53. The zero-order chi connectivity index (χ0) is 21.8. The van der Waals surface area contributed by atoms with E-state index in [1.807, 2.05) is 0 Å². The van der Waals surface area contributed by atoms with E-state index < -0.39 is 29.6 Å². The molecule has 0 unspecified atom stereocenters. The molecule has 0 saturated carbocycles. The number of nitrogens with one attached hydrogen (secondary N) is 1. The first-order chi connectivity index (χ1) is 14.2. The van der Waals surface area contributed by atoms with Crippen molar-refractivity contribution in [2.75, 3.05) is 11.9 Å². The van der Waals surface area contributed by atoms with E-state index in [9.17, 15) is 14.4 Å². The zero-order valence-corrected chi connectivity index (χ0v) is 17.8. The number of ether oxygens (including phenoxy) is 1. The molecule has 0 spiro atoms. The average Bonchev–Trinajstić information content (AvgIpc) is 2.70. The number of hydrogen-bond donors (Lipinski definition) is 1. The largest absolute Gasteiger partial charge is 0.451 e. The van der Waals surface area contributed by atoms with Gasteiger partial charge in [0.2, 0.25) is 11.1 Å². The minimum absolute atomic E-state index is 0.267. The molecular weight excluding hydrogens is 453 g/mol. The second kappa shape index (κ2) is 9.30. The molecular formula is C20H14Cl3N3O4. The summed E-state index contributed by atoms with van der Waals surface area (Å²) in [6.45, 7) is 1.03. The van der Waals surface area contributed by atoms with Crippen molar-refractivity contribution >= 4 is 52.4 Å². The van der Waals surface area contributed by atoms with Gasteiger partial charge in [0.25, 0.3) is 5.91 Å². The summed E-state index contributed by atoms with van der Waals surface area (Å²) in [5.74, 6) is -1.69. The van der Waals surface area contributed by atoms with Crippen molar-refractivity contribution in [3.05, 3.63) is 85.2 Å². The van der Waals surface area contributed by atoms with E-state index in [1.54, 1.807) is 37.3 Å². The van der Waals surface area contributed by atoms with Crippen LogP contribution in [0.15, 0.2) is 53.3 Å². The summed E-state index contributed by atoms with van der Waals surface area (Å²) in [6.07, 6.45) is 0. The molecule has 1 amide bonds.